The van der Waals surface area contributed by atoms with Gasteiger partial charge in [0.25, 0.3) is 0 Å². The van der Waals surface area contributed by atoms with Gasteiger partial charge in [0.2, 0.25) is 5.91 Å². The lowest BCUT2D eigenvalue weighted by Gasteiger charge is -2.40. The summed E-state index contributed by atoms with van der Waals surface area (Å²) in [5.41, 5.74) is 0. The predicted molar refractivity (Wildman–Crippen MR) is 290 cm³/mol. The van der Waals surface area contributed by atoms with Crippen molar-refractivity contribution in [1.82, 2.24) is 5.32 Å². The van der Waals surface area contributed by atoms with Crippen molar-refractivity contribution in [3.05, 3.63) is 48.6 Å². The van der Waals surface area contributed by atoms with Crippen molar-refractivity contribution in [3.63, 3.8) is 0 Å². The van der Waals surface area contributed by atoms with Crippen LogP contribution in [0.5, 0.6) is 0 Å². The standard InChI is InChI=1S/C60H111NO8/c1-3-5-7-9-11-13-15-17-19-21-23-24-25-26-27-28-29-30-31-32-33-35-37-39-41-43-45-47-49-54(63)53(52-68-60-59(67)58(66)57(65)55(51-62)69-60)61-56(64)50-48-46-44-42-40-38-36-34-22-20-18-16-14-12-10-8-6-4-2/h14,16,20,22,39,41,47,49,53-55,57-60,62-63,65-67H,3-13,15,17-19,21,23-38,40,42-46,48,50-52H2,1-2H3,(H,61,64)/b16-14-,22-20-,41-39+,49-47+. The molecule has 0 radical (unpaired) electrons. The fourth-order valence-corrected chi connectivity index (χ4v) is 9.20. The number of carbonyl (C=O) groups excluding carboxylic acids is 1. The second-order valence-corrected chi connectivity index (χ2v) is 20.4. The number of carbonyl (C=O) groups is 1. The van der Waals surface area contributed by atoms with E-state index in [4.69, 9.17) is 9.47 Å². The van der Waals surface area contributed by atoms with Crippen molar-refractivity contribution < 1.29 is 39.8 Å². The fourth-order valence-electron chi connectivity index (χ4n) is 9.20. The Morgan fingerprint density at radius 1 is 0.493 bits per heavy atom. The first-order valence-electron chi connectivity index (χ1n) is 29.4. The number of unbranched alkanes of at least 4 members (excludes halogenated alkanes) is 34. The minimum absolute atomic E-state index is 0.193. The zero-order chi connectivity index (χ0) is 50.1. The number of ether oxygens (including phenoxy) is 2. The first-order valence-corrected chi connectivity index (χ1v) is 29.4. The summed E-state index contributed by atoms with van der Waals surface area (Å²) in [6.45, 7) is 3.76. The molecule has 7 atom stereocenters. The number of rotatable bonds is 50. The Bertz CT molecular complexity index is 1220. The second-order valence-electron chi connectivity index (χ2n) is 20.4. The summed E-state index contributed by atoms with van der Waals surface area (Å²) in [6.07, 6.45) is 59.0. The molecule has 1 aliphatic heterocycles. The van der Waals surface area contributed by atoms with Crippen LogP contribution in [0, 0.1) is 0 Å². The van der Waals surface area contributed by atoms with Crippen LogP contribution in [0.1, 0.15) is 271 Å². The van der Waals surface area contributed by atoms with Crippen LogP contribution in [0.15, 0.2) is 48.6 Å². The Balaban J connectivity index is 2.23. The van der Waals surface area contributed by atoms with E-state index in [0.29, 0.717) is 6.42 Å². The Hall–Kier alpha value is -1.85. The molecule has 0 aromatic rings. The molecule has 69 heavy (non-hydrogen) atoms. The smallest absolute Gasteiger partial charge is 0.220 e. The Morgan fingerprint density at radius 2 is 0.870 bits per heavy atom. The molecule has 0 aromatic heterocycles. The maximum atomic E-state index is 13.0. The minimum Gasteiger partial charge on any atom is -0.394 e. The summed E-state index contributed by atoms with van der Waals surface area (Å²) in [6, 6.07) is -0.828. The van der Waals surface area contributed by atoms with Gasteiger partial charge in [0.05, 0.1) is 25.4 Å². The van der Waals surface area contributed by atoms with Crippen molar-refractivity contribution >= 4 is 5.91 Å². The largest absolute Gasteiger partial charge is 0.394 e. The van der Waals surface area contributed by atoms with E-state index < -0.39 is 49.5 Å². The first-order chi connectivity index (χ1) is 33.8. The number of hydrogen-bond donors (Lipinski definition) is 6. The van der Waals surface area contributed by atoms with Crippen molar-refractivity contribution in [3.8, 4) is 0 Å². The van der Waals surface area contributed by atoms with Crippen LogP contribution < -0.4 is 5.32 Å². The third kappa shape index (κ3) is 39.4. The van der Waals surface area contributed by atoms with Crippen molar-refractivity contribution in [2.24, 2.45) is 0 Å². The molecule has 0 aromatic carbocycles. The van der Waals surface area contributed by atoms with E-state index in [1.807, 2.05) is 6.08 Å². The normalized spacial score (nSPS) is 19.8. The number of amides is 1. The molecule has 1 fully saturated rings. The monoisotopic (exact) mass is 974 g/mol. The Morgan fingerprint density at radius 3 is 1.32 bits per heavy atom. The van der Waals surface area contributed by atoms with Gasteiger partial charge >= 0.3 is 0 Å². The molecule has 1 heterocycles. The van der Waals surface area contributed by atoms with Crippen molar-refractivity contribution in [2.45, 2.75) is 314 Å². The number of aliphatic hydroxyl groups is 5. The summed E-state index contributed by atoms with van der Waals surface area (Å²) in [5, 5.41) is 54.5. The Kier molecular flexibility index (Phi) is 47.0. The highest BCUT2D eigenvalue weighted by Crippen LogP contribution is 2.23. The summed E-state index contributed by atoms with van der Waals surface area (Å²) in [7, 11) is 0. The second kappa shape index (κ2) is 49.7. The van der Waals surface area contributed by atoms with Crippen molar-refractivity contribution in [1.29, 1.82) is 0 Å². The number of aliphatic hydroxyl groups excluding tert-OH is 5. The molecule has 1 amide bonds. The van der Waals surface area contributed by atoms with Crippen LogP contribution in [-0.4, -0.2) is 87.5 Å². The number of allylic oxidation sites excluding steroid dienone is 7. The summed E-state index contributed by atoms with van der Waals surface area (Å²) >= 11 is 0. The van der Waals surface area contributed by atoms with E-state index in [1.165, 1.54) is 193 Å². The van der Waals surface area contributed by atoms with Crippen molar-refractivity contribution in [2.75, 3.05) is 13.2 Å². The molecule has 404 valence electrons. The highest BCUT2D eigenvalue weighted by atomic mass is 16.7. The molecule has 0 spiro atoms. The van der Waals surface area contributed by atoms with Gasteiger partial charge in [0, 0.05) is 6.42 Å². The first kappa shape index (κ1) is 65.2. The van der Waals surface area contributed by atoms with Crippen LogP contribution in [0.2, 0.25) is 0 Å². The van der Waals surface area contributed by atoms with Gasteiger partial charge in [-0.3, -0.25) is 4.79 Å². The van der Waals surface area contributed by atoms with Crippen LogP contribution in [-0.2, 0) is 14.3 Å². The van der Waals surface area contributed by atoms with Crippen LogP contribution in [0.25, 0.3) is 0 Å². The van der Waals surface area contributed by atoms with Gasteiger partial charge in [-0.15, -0.1) is 0 Å². The molecule has 9 heteroatoms. The van der Waals surface area contributed by atoms with Gasteiger partial charge in [-0.1, -0.05) is 249 Å². The predicted octanol–water partition coefficient (Wildman–Crippen LogP) is 14.5. The van der Waals surface area contributed by atoms with E-state index in [9.17, 15) is 30.3 Å². The minimum atomic E-state index is -1.57. The molecular formula is C60H111NO8. The van der Waals surface area contributed by atoms with Gasteiger partial charge in [-0.05, 0) is 64.2 Å². The molecule has 6 N–H and O–H groups in total. The van der Waals surface area contributed by atoms with Gasteiger partial charge in [0.15, 0.2) is 6.29 Å². The van der Waals surface area contributed by atoms with E-state index >= 15 is 0 Å². The zero-order valence-electron chi connectivity index (χ0n) is 44.8. The van der Waals surface area contributed by atoms with E-state index in [1.54, 1.807) is 6.08 Å². The van der Waals surface area contributed by atoms with Crippen LogP contribution in [0.3, 0.4) is 0 Å². The highest BCUT2D eigenvalue weighted by molar-refractivity contribution is 5.76. The zero-order valence-corrected chi connectivity index (χ0v) is 44.8. The van der Waals surface area contributed by atoms with Gasteiger partial charge < -0.3 is 40.3 Å². The fraction of sp³-hybridized carbons (Fsp3) is 0.850. The highest BCUT2D eigenvalue weighted by Gasteiger charge is 2.44. The third-order valence-corrected chi connectivity index (χ3v) is 13.9. The maximum absolute atomic E-state index is 13.0. The molecule has 9 nitrogen and oxygen atoms in total. The lowest BCUT2D eigenvalue weighted by Crippen LogP contribution is -2.60. The number of nitrogens with one attached hydrogen (secondary N) is 1. The molecule has 0 bridgehead atoms. The molecule has 0 saturated carbocycles. The SMILES string of the molecule is CCCCCC/C=C\C/C=C\CCCCCCCCCC(=O)NC(COC1OC(CO)C(O)C(O)C1O)C(O)/C=C/CC/C=C/CCCCCCCCCCCCCCCCCCCCCCCC. The van der Waals surface area contributed by atoms with E-state index in [2.05, 4.69) is 55.6 Å². The lowest BCUT2D eigenvalue weighted by molar-refractivity contribution is -0.302. The van der Waals surface area contributed by atoms with E-state index in [0.717, 1.165) is 57.8 Å². The summed E-state index contributed by atoms with van der Waals surface area (Å²) in [5.74, 6) is -0.193. The number of hydrogen-bond acceptors (Lipinski definition) is 8. The molecule has 0 aliphatic carbocycles. The third-order valence-electron chi connectivity index (χ3n) is 13.9. The topological polar surface area (TPSA) is 149 Å². The van der Waals surface area contributed by atoms with Gasteiger partial charge in [0.1, 0.15) is 24.4 Å². The Labute approximate surface area is 424 Å². The van der Waals surface area contributed by atoms with Gasteiger partial charge in [-0.25, -0.2) is 0 Å². The summed E-state index contributed by atoms with van der Waals surface area (Å²) in [4.78, 5) is 13.0. The lowest BCUT2D eigenvalue weighted by atomic mass is 9.99. The molecule has 1 saturated heterocycles. The average molecular weight is 975 g/mol. The molecule has 7 unspecified atom stereocenters. The summed E-state index contributed by atoms with van der Waals surface area (Å²) < 4.78 is 11.3. The molecule has 1 rings (SSSR count). The van der Waals surface area contributed by atoms with Gasteiger partial charge in [-0.2, -0.15) is 0 Å². The average Bonchev–Trinajstić information content (AvgIpc) is 3.35. The van der Waals surface area contributed by atoms with Crippen LogP contribution >= 0.6 is 0 Å². The quantitative estimate of drug-likeness (QED) is 0.0261. The molecular weight excluding hydrogens is 863 g/mol. The maximum Gasteiger partial charge on any atom is 0.220 e. The van der Waals surface area contributed by atoms with E-state index in [-0.39, 0.29) is 12.5 Å². The molecule has 1 aliphatic rings. The van der Waals surface area contributed by atoms with Crippen LogP contribution in [0.4, 0.5) is 0 Å².